The van der Waals surface area contributed by atoms with Gasteiger partial charge in [0, 0.05) is 49.1 Å². The van der Waals surface area contributed by atoms with E-state index in [2.05, 4.69) is 32.2 Å². The van der Waals surface area contributed by atoms with Gasteiger partial charge in [-0.25, -0.2) is 0 Å². The van der Waals surface area contributed by atoms with Crippen molar-refractivity contribution in [3.05, 3.63) is 47.8 Å². The van der Waals surface area contributed by atoms with Crippen molar-refractivity contribution in [1.29, 1.82) is 0 Å². The van der Waals surface area contributed by atoms with E-state index in [0.717, 1.165) is 41.3 Å². The zero-order chi connectivity index (χ0) is 19.1. The number of H-pyrrole nitrogens is 1. The van der Waals surface area contributed by atoms with Crippen LogP contribution in [0.15, 0.2) is 36.4 Å². The highest BCUT2D eigenvalue weighted by Gasteiger charge is 2.27. The topological polar surface area (TPSA) is 74.3 Å². The van der Waals surface area contributed by atoms with E-state index < -0.39 is 0 Å². The second kappa shape index (κ2) is 6.82. The van der Waals surface area contributed by atoms with Gasteiger partial charge in [-0.05, 0) is 43.2 Å². The smallest absolute Gasteiger partial charge is 0.270 e. The first-order valence-electron chi connectivity index (χ1n) is 9.76. The molecule has 1 aliphatic carbocycles. The Morgan fingerprint density at radius 3 is 2.57 bits per heavy atom. The molecule has 1 N–H and O–H groups in total. The monoisotopic (exact) mass is 377 g/mol. The molecule has 0 bridgehead atoms. The van der Waals surface area contributed by atoms with Crippen LogP contribution in [0.5, 0.6) is 5.75 Å². The van der Waals surface area contributed by atoms with Crippen LogP contribution in [-0.2, 0) is 0 Å². The number of aromatic nitrogens is 3. The minimum absolute atomic E-state index is 0.0324. The lowest BCUT2D eigenvalue weighted by Crippen LogP contribution is -2.49. The Kier molecular flexibility index (Phi) is 4.15. The van der Waals surface area contributed by atoms with Crippen molar-refractivity contribution in [2.45, 2.75) is 18.8 Å². The fourth-order valence-electron chi connectivity index (χ4n) is 3.76. The van der Waals surface area contributed by atoms with E-state index in [1.165, 1.54) is 12.8 Å². The third-order valence-corrected chi connectivity index (χ3v) is 5.62. The fourth-order valence-corrected chi connectivity index (χ4v) is 3.76. The number of nitrogens with zero attached hydrogens (tertiary/aromatic N) is 4. The lowest BCUT2D eigenvalue weighted by Gasteiger charge is -2.35. The average Bonchev–Trinajstić information content (AvgIpc) is 3.52. The van der Waals surface area contributed by atoms with Crippen molar-refractivity contribution in [3.8, 4) is 5.75 Å². The molecule has 2 aromatic heterocycles. The van der Waals surface area contributed by atoms with Crippen molar-refractivity contribution in [1.82, 2.24) is 20.1 Å². The number of hydrogen-bond acceptors (Lipinski definition) is 5. The Bertz CT molecular complexity index is 1000. The third kappa shape index (κ3) is 3.17. The lowest BCUT2D eigenvalue weighted by molar-refractivity contribution is 0.0741. The summed E-state index contributed by atoms with van der Waals surface area (Å²) in [6.07, 6.45) is 2.46. The Morgan fingerprint density at radius 2 is 1.89 bits per heavy atom. The maximum atomic E-state index is 12.9. The molecule has 0 unspecified atom stereocenters. The highest BCUT2D eigenvalue weighted by Crippen LogP contribution is 2.38. The van der Waals surface area contributed by atoms with Gasteiger partial charge in [-0.15, -0.1) is 5.10 Å². The maximum Gasteiger partial charge on any atom is 0.270 e. The van der Waals surface area contributed by atoms with Gasteiger partial charge in [-0.3, -0.25) is 4.79 Å². The van der Waals surface area contributed by atoms with Crippen LogP contribution in [0, 0.1) is 0 Å². The predicted octanol–water partition coefficient (Wildman–Crippen LogP) is 2.81. The van der Waals surface area contributed by atoms with Crippen LogP contribution in [0.2, 0.25) is 0 Å². The van der Waals surface area contributed by atoms with E-state index in [9.17, 15) is 4.79 Å². The molecule has 0 atom stereocenters. The van der Waals surface area contributed by atoms with Crippen molar-refractivity contribution in [2.24, 2.45) is 0 Å². The molecular weight excluding hydrogens is 354 g/mol. The van der Waals surface area contributed by atoms with Gasteiger partial charge in [0.25, 0.3) is 5.91 Å². The molecular formula is C21H23N5O2. The molecule has 3 heterocycles. The molecule has 144 valence electrons. The SMILES string of the molecule is COc1ccc2cc(C(=O)N3CCN(c4ccc(C5CC5)nn4)CC3)[nH]c2c1. The lowest BCUT2D eigenvalue weighted by atomic mass is 10.2. The number of ether oxygens (including phenoxy) is 1. The number of carbonyl (C=O) groups is 1. The molecule has 2 aliphatic rings. The quantitative estimate of drug-likeness (QED) is 0.757. The second-order valence-corrected chi connectivity index (χ2v) is 7.51. The number of hydrogen-bond donors (Lipinski definition) is 1. The van der Waals surface area contributed by atoms with Gasteiger partial charge in [0.1, 0.15) is 11.4 Å². The number of fused-ring (bicyclic) bond motifs is 1. The van der Waals surface area contributed by atoms with Crippen LogP contribution in [0.1, 0.15) is 34.9 Å². The first kappa shape index (κ1) is 17.0. The van der Waals surface area contributed by atoms with E-state index in [1.807, 2.05) is 29.2 Å². The summed E-state index contributed by atoms with van der Waals surface area (Å²) in [7, 11) is 1.64. The van der Waals surface area contributed by atoms with Crippen LogP contribution < -0.4 is 9.64 Å². The van der Waals surface area contributed by atoms with Gasteiger partial charge in [0.05, 0.1) is 12.8 Å². The van der Waals surface area contributed by atoms with E-state index >= 15 is 0 Å². The van der Waals surface area contributed by atoms with Crippen molar-refractivity contribution < 1.29 is 9.53 Å². The Balaban J connectivity index is 1.25. The van der Waals surface area contributed by atoms with Crippen LogP contribution in [-0.4, -0.2) is 59.3 Å². The number of rotatable bonds is 4. The zero-order valence-electron chi connectivity index (χ0n) is 15.9. The van der Waals surface area contributed by atoms with Crippen molar-refractivity contribution >= 4 is 22.6 Å². The Labute approximate surface area is 163 Å². The molecule has 0 spiro atoms. The van der Waals surface area contributed by atoms with Gasteiger partial charge in [0.15, 0.2) is 5.82 Å². The molecule has 1 saturated heterocycles. The number of carbonyl (C=O) groups excluding carboxylic acids is 1. The van der Waals surface area contributed by atoms with Gasteiger partial charge in [0.2, 0.25) is 0 Å². The Morgan fingerprint density at radius 1 is 1.07 bits per heavy atom. The number of amides is 1. The highest BCUT2D eigenvalue weighted by atomic mass is 16.5. The molecule has 2 fully saturated rings. The van der Waals surface area contributed by atoms with E-state index in [-0.39, 0.29) is 5.91 Å². The number of aromatic amines is 1. The van der Waals surface area contributed by atoms with Gasteiger partial charge >= 0.3 is 0 Å². The van der Waals surface area contributed by atoms with Crippen molar-refractivity contribution in [3.63, 3.8) is 0 Å². The molecule has 7 nitrogen and oxygen atoms in total. The predicted molar refractivity (Wildman–Crippen MR) is 107 cm³/mol. The molecule has 1 aromatic carbocycles. The summed E-state index contributed by atoms with van der Waals surface area (Å²) in [5, 5.41) is 9.77. The second-order valence-electron chi connectivity index (χ2n) is 7.51. The summed E-state index contributed by atoms with van der Waals surface area (Å²) >= 11 is 0. The van der Waals surface area contributed by atoms with Crippen LogP contribution >= 0.6 is 0 Å². The number of piperazine rings is 1. The van der Waals surface area contributed by atoms with E-state index in [0.29, 0.717) is 24.7 Å². The van der Waals surface area contributed by atoms with Crippen LogP contribution in [0.3, 0.4) is 0 Å². The largest absolute Gasteiger partial charge is 0.497 e. The average molecular weight is 377 g/mol. The van der Waals surface area contributed by atoms with Crippen molar-refractivity contribution in [2.75, 3.05) is 38.2 Å². The Hall–Kier alpha value is -3.09. The first-order valence-corrected chi connectivity index (χ1v) is 9.76. The standard InChI is InChI=1S/C21H23N5O2/c1-28-16-5-4-15-12-19(22-18(15)13-16)21(27)26-10-8-25(9-11-26)20-7-6-17(23-24-20)14-2-3-14/h4-7,12-14,22H,2-3,8-11H2,1H3. The molecule has 1 aliphatic heterocycles. The molecule has 3 aromatic rings. The summed E-state index contributed by atoms with van der Waals surface area (Å²) in [5.41, 5.74) is 2.63. The van der Waals surface area contributed by atoms with E-state index in [4.69, 9.17) is 4.74 Å². The number of benzene rings is 1. The molecule has 1 amide bonds. The molecule has 5 rings (SSSR count). The third-order valence-electron chi connectivity index (χ3n) is 5.62. The number of nitrogens with one attached hydrogen (secondary N) is 1. The number of anilines is 1. The molecule has 0 radical (unpaired) electrons. The van der Waals surface area contributed by atoms with Crippen LogP contribution in [0.25, 0.3) is 10.9 Å². The summed E-state index contributed by atoms with van der Waals surface area (Å²) in [6.45, 7) is 2.86. The first-order chi connectivity index (χ1) is 13.7. The maximum absolute atomic E-state index is 12.9. The summed E-state index contributed by atoms with van der Waals surface area (Å²) in [5.74, 6) is 2.32. The minimum atomic E-state index is 0.0324. The van der Waals surface area contributed by atoms with Gasteiger partial charge in [-0.2, -0.15) is 5.10 Å². The molecule has 28 heavy (non-hydrogen) atoms. The summed E-state index contributed by atoms with van der Waals surface area (Å²) < 4.78 is 5.25. The molecule has 7 heteroatoms. The van der Waals surface area contributed by atoms with Gasteiger partial charge in [-0.1, -0.05) is 0 Å². The fraction of sp³-hybridized carbons (Fsp3) is 0.381. The van der Waals surface area contributed by atoms with Gasteiger partial charge < -0.3 is 19.5 Å². The minimum Gasteiger partial charge on any atom is -0.497 e. The zero-order valence-corrected chi connectivity index (χ0v) is 15.9. The normalized spacial score (nSPS) is 17.2. The number of methoxy groups -OCH3 is 1. The van der Waals surface area contributed by atoms with Crippen LogP contribution in [0.4, 0.5) is 5.82 Å². The molecule has 1 saturated carbocycles. The highest BCUT2D eigenvalue weighted by molar-refractivity contribution is 5.98. The summed E-state index contributed by atoms with van der Waals surface area (Å²) in [4.78, 5) is 20.2. The van der Waals surface area contributed by atoms with E-state index in [1.54, 1.807) is 7.11 Å². The summed E-state index contributed by atoms with van der Waals surface area (Å²) in [6, 6.07) is 11.8.